The van der Waals surface area contributed by atoms with Crippen LogP contribution in [0.15, 0.2) is 66.7 Å². The van der Waals surface area contributed by atoms with Crippen LogP contribution in [0.3, 0.4) is 0 Å². The van der Waals surface area contributed by atoms with Crippen molar-refractivity contribution in [3.63, 3.8) is 0 Å². The van der Waals surface area contributed by atoms with E-state index in [1.54, 1.807) is 6.07 Å². The molecule has 1 aliphatic rings. The standard InChI is InChI=1S/C27H28N2O4/c1-3-28(4-2)22-14-12-19(13-15-22)16-24-21(9-7-11-25(24)29(31)32)18-33-26-17-20-8-5-6-10-23(20)27(26)30/h5-15,26H,3-4,16-18H2,1-2H3. The van der Waals surface area contributed by atoms with Gasteiger partial charge in [0.1, 0.15) is 6.10 Å². The molecule has 0 saturated heterocycles. The lowest BCUT2D eigenvalue weighted by Gasteiger charge is -2.21. The van der Waals surface area contributed by atoms with Crippen molar-refractivity contribution >= 4 is 17.2 Å². The number of nitro groups is 1. The molecule has 33 heavy (non-hydrogen) atoms. The lowest BCUT2D eigenvalue weighted by Crippen LogP contribution is -2.21. The average molecular weight is 445 g/mol. The molecule has 4 rings (SSSR count). The molecule has 3 aromatic carbocycles. The van der Waals surface area contributed by atoms with Gasteiger partial charge in [-0.1, -0.05) is 48.5 Å². The predicted octanol–water partition coefficient (Wildman–Crippen LogP) is 5.36. The third-order valence-corrected chi connectivity index (χ3v) is 6.31. The van der Waals surface area contributed by atoms with Crippen LogP contribution in [0, 0.1) is 10.1 Å². The SMILES string of the molecule is CCN(CC)c1ccc(Cc2c(COC3Cc4ccccc4C3=O)cccc2[N+](=O)[O-])cc1. The molecule has 0 amide bonds. The Balaban J connectivity index is 1.54. The van der Waals surface area contributed by atoms with Crippen molar-refractivity contribution in [2.75, 3.05) is 18.0 Å². The summed E-state index contributed by atoms with van der Waals surface area (Å²) in [5, 5.41) is 11.8. The van der Waals surface area contributed by atoms with Crippen molar-refractivity contribution in [1.29, 1.82) is 0 Å². The molecule has 0 aromatic heterocycles. The zero-order chi connectivity index (χ0) is 23.4. The Hall–Kier alpha value is -3.51. The van der Waals surface area contributed by atoms with Gasteiger partial charge in [-0.25, -0.2) is 0 Å². The molecule has 0 fully saturated rings. The summed E-state index contributed by atoms with van der Waals surface area (Å²) in [5.74, 6) is -0.0235. The molecule has 1 atom stereocenters. The van der Waals surface area contributed by atoms with Crippen LogP contribution in [0.1, 0.15) is 46.5 Å². The van der Waals surface area contributed by atoms with Gasteiger partial charge in [0.05, 0.1) is 11.5 Å². The van der Waals surface area contributed by atoms with E-state index in [0.717, 1.165) is 35.5 Å². The van der Waals surface area contributed by atoms with Gasteiger partial charge in [0.2, 0.25) is 0 Å². The number of nitro benzene ring substituents is 1. The summed E-state index contributed by atoms with van der Waals surface area (Å²) in [4.78, 5) is 26.3. The van der Waals surface area contributed by atoms with Crippen molar-refractivity contribution in [2.45, 2.75) is 39.4 Å². The number of anilines is 1. The second-order valence-electron chi connectivity index (χ2n) is 8.21. The number of ketones is 1. The minimum atomic E-state index is -0.553. The molecule has 170 valence electrons. The minimum absolute atomic E-state index is 0.0235. The highest BCUT2D eigenvalue weighted by Crippen LogP contribution is 2.29. The summed E-state index contributed by atoms with van der Waals surface area (Å²) in [6, 6.07) is 20.7. The van der Waals surface area contributed by atoms with Crippen molar-refractivity contribution < 1.29 is 14.5 Å². The predicted molar refractivity (Wildman–Crippen MR) is 129 cm³/mol. The molecular formula is C27H28N2O4. The zero-order valence-electron chi connectivity index (χ0n) is 19.0. The van der Waals surface area contributed by atoms with E-state index in [-0.39, 0.29) is 23.0 Å². The number of Topliss-reactive ketones (excluding diaryl/α,β-unsaturated/α-hetero) is 1. The van der Waals surface area contributed by atoms with E-state index in [1.807, 2.05) is 42.5 Å². The summed E-state index contributed by atoms with van der Waals surface area (Å²) in [5.41, 5.74) is 5.25. The Bertz CT molecular complexity index is 1150. The number of nitrogens with zero attached hydrogens (tertiary/aromatic N) is 2. The molecule has 0 heterocycles. The topological polar surface area (TPSA) is 72.7 Å². The number of hydrogen-bond acceptors (Lipinski definition) is 5. The maximum atomic E-state index is 12.7. The summed E-state index contributed by atoms with van der Waals surface area (Å²) >= 11 is 0. The molecule has 3 aromatic rings. The zero-order valence-corrected chi connectivity index (χ0v) is 19.0. The third-order valence-electron chi connectivity index (χ3n) is 6.31. The fraction of sp³-hybridized carbons (Fsp3) is 0.296. The van der Waals surface area contributed by atoms with Crippen LogP contribution >= 0.6 is 0 Å². The summed E-state index contributed by atoms with van der Waals surface area (Å²) in [7, 11) is 0. The monoisotopic (exact) mass is 444 g/mol. The Morgan fingerprint density at radius 3 is 2.39 bits per heavy atom. The number of fused-ring (bicyclic) bond motifs is 1. The molecule has 1 aliphatic carbocycles. The second kappa shape index (κ2) is 9.96. The summed E-state index contributed by atoms with van der Waals surface area (Å²) < 4.78 is 6.00. The molecule has 0 bridgehead atoms. The Morgan fingerprint density at radius 1 is 1.00 bits per heavy atom. The van der Waals surface area contributed by atoms with E-state index >= 15 is 0 Å². The highest BCUT2D eigenvalue weighted by molar-refractivity contribution is 6.03. The van der Waals surface area contributed by atoms with E-state index in [9.17, 15) is 14.9 Å². The van der Waals surface area contributed by atoms with Crippen LogP contribution in [0.2, 0.25) is 0 Å². The average Bonchev–Trinajstić information content (AvgIpc) is 3.15. The van der Waals surface area contributed by atoms with Crippen molar-refractivity contribution in [1.82, 2.24) is 0 Å². The molecule has 0 aliphatic heterocycles. The number of carbonyl (C=O) groups is 1. The highest BCUT2D eigenvalue weighted by atomic mass is 16.6. The first-order valence-electron chi connectivity index (χ1n) is 11.3. The third kappa shape index (κ3) is 4.81. The smallest absolute Gasteiger partial charge is 0.273 e. The first-order valence-corrected chi connectivity index (χ1v) is 11.3. The van der Waals surface area contributed by atoms with Crippen LogP contribution in [0.4, 0.5) is 11.4 Å². The van der Waals surface area contributed by atoms with Gasteiger partial charge in [-0.05, 0) is 42.7 Å². The highest BCUT2D eigenvalue weighted by Gasteiger charge is 2.31. The largest absolute Gasteiger partial charge is 0.372 e. The first kappa shape index (κ1) is 22.7. The van der Waals surface area contributed by atoms with Gasteiger partial charge in [0.15, 0.2) is 5.78 Å². The van der Waals surface area contributed by atoms with E-state index in [4.69, 9.17) is 4.74 Å². The van der Waals surface area contributed by atoms with Crippen molar-refractivity contribution in [2.24, 2.45) is 0 Å². The Morgan fingerprint density at radius 2 is 1.73 bits per heavy atom. The van der Waals surface area contributed by atoms with Crippen molar-refractivity contribution in [3.8, 4) is 0 Å². The first-order chi connectivity index (χ1) is 16.0. The molecular weight excluding hydrogens is 416 g/mol. The molecule has 6 heteroatoms. The summed E-state index contributed by atoms with van der Waals surface area (Å²) in [6.07, 6.45) is 0.405. The molecule has 6 nitrogen and oxygen atoms in total. The van der Waals surface area contributed by atoms with Crippen LogP contribution in [-0.2, 0) is 24.2 Å². The van der Waals surface area contributed by atoms with Crippen LogP contribution in [0.25, 0.3) is 0 Å². The maximum Gasteiger partial charge on any atom is 0.273 e. The fourth-order valence-corrected chi connectivity index (χ4v) is 4.48. The van der Waals surface area contributed by atoms with E-state index < -0.39 is 6.10 Å². The maximum absolute atomic E-state index is 12.7. The van der Waals surface area contributed by atoms with Gasteiger partial charge in [-0.3, -0.25) is 14.9 Å². The molecule has 0 radical (unpaired) electrons. The molecule has 0 saturated carbocycles. The van der Waals surface area contributed by atoms with Gasteiger partial charge in [-0.2, -0.15) is 0 Å². The van der Waals surface area contributed by atoms with Gasteiger partial charge < -0.3 is 9.64 Å². The molecule has 0 spiro atoms. The Labute approximate surface area is 194 Å². The molecule has 1 unspecified atom stereocenters. The number of ether oxygens (including phenoxy) is 1. The quantitative estimate of drug-likeness (QED) is 0.328. The van der Waals surface area contributed by atoms with Crippen LogP contribution < -0.4 is 4.90 Å². The van der Waals surface area contributed by atoms with Crippen molar-refractivity contribution in [3.05, 3.63) is 105 Å². The minimum Gasteiger partial charge on any atom is -0.372 e. The van der Waals surface area contributed by atoms with E-state index in [1.165, 1.54) is 6.07 Å². The Kier molecular flexibility index (Phi) is 6.84. The summed E-state index contributed by atoms with van der Waals surface area (Å²) in [6.45, 7) is 6.23. The van der Waals surface area contributed by atoms with Gasteiger partial charge in [0, 0.05) is 48.8 Å². The number of hydrogen-bond donors (Lipinski definition) is 0. The fourth-order valence-electron chi connectivity index (χ4n) is 4.48. The van der Waals surface area contributed by atoms with E-state index in [2.05, 4.69) is 30.9 Å². The van der Waals surface area contributed by atoms with Gasteiger partial charge >= 0.3 is 0 Å². The lowest BCUT2D eigenvalue weighted by molar-refractivity contribution is -0.385. The van der Waals surface area contributed by atoms with E-state index in [0.29, 0.717) is 24.0 Å². The van der Waals surface area contributed by atoms with Gasteiger partial charge in [-0.15, -0.1) is 0 Å². The van der Waals surface area contributed by atoms with Gasteiger partial charge in [0.25, 0.3) is 5.69 Å². The lowest BCUT2D eigenvalue weighted by atomic mass is 9.98. The number of carbonyl (C=O) groups excluding carboxylic acids is 1. The molecule has 0 N–H and O–H groups in total. The normalized spacial score (nSPS) is 14.8. The number of benzene rings is 3. The second-order valence-corrected chi connectivity index (χ2v) is 8.21. The van der Waals surface area contributed by atoms with Crippen LogP contribution in [0.5, 0.6) is 0 Å². The number of rotatable bonds is 9. The van der Waals surface area contributed by atoms with Crippen LogP contribution in [-0.4, -0.2) is 29.9 Å².